The zero-order chi connectivity index (χ0) is 9.97. The summed E-state index contributed by atoms with van der Waals surface area (Å²) in [7, 11) is 0. The summed E-state index contributed by atoms with van der Waals surface area (Å²) in [6, 6.07) is 1.42. The Bertz CT molecular complexity index is 177. The number of hydrogen-bond acceptors (Lipinski definition) is 2. The molecule has 0 aromatic rings. The number of rotatable bonds is 3. The minimum atomic E-state index is 0.646. The summed E-state index contributed by atoms with van der Waals surface area (Å²) in [5.74, 6) is 1.69. The molecule has 0 aromatic heterocycles. The van der Waals surface area contributed by atoms with Gasteiger partial charge in [0, 0.05) is 18.7 Å². The summed E-state index contributed by atoms with van der Waals surface area (Å²) in [5.41, 5.74) is 0. The standard InChI is InChI=1S/C12H23NO/c1-9-3-4-12(7-9)13-10(2)11-5-6-14-8-11/h9-13H,3-8H2,1-2H3. The van der Waals surface area contributed by atoms with Crippen LogP contribution in [0, 0.1) is 11.8 Å². The summed E-state index contributed by atoms with van der Waals surface area (Å²) < 4.78 is 5.42. The Morgan fingerprint density at radius 1 is 1.29 bits per heavy atom. The molecule has 1 saturated heterocycles. The molecule has 1 aliphatic carbocycles. The quantitative estimate of drug-likeness (QED) is 0.749. The molecule has 2 aliphatic rings. The summed E-state index contributed by atoms with van der Waals surface area (Å²) in [6.45, 7) is 6.63. The lowest BCUT2D eigenvalue weighted by molar-refractivity contribution is 0.176. The molecular formula is C12H23NO. The monoisotopic (exact) mass is 197 g/mol. The highest BCUT2D eigenvalue weighted by atomic mass is 16.5. The molecule has 1 saturated carbocycles. The fraction of sp³-hybridized carbons (Fsp3) is 1.00. The molecule has 4 unspecified atom stereocenters. The van der Waals surface area contributed by atoms with Crippen molar-refractivity contribution in [3.05, 3.63) is 0 Å². The van der Waals surface area contributed by atoms with E-state index >= 15 is 0 Å². The predicted molar refractivity (Wildman–Crippen MR) is 58.3 cm³/mol. The van der Waals surface area contributed by atoms with Crippen LogP contribution in [0.4, 0.5) is 0 Å². The SMILES string of the molecule is CC1CCC(NC(C)C2CCOC2)C1. The van der Waals surface area contributed by atoms with Crippen LogP contribution in [0.15, 0.2) is 0 Å². The molecule has 82 valence electrons. The summed E-state index contributed by atoms with van der Waals surface area (Å²) in [5, 5.41) is 3.77. The molecule has 0 aromatic carbocycles. The zero-order valence-electron chi connectivity index (χ0n) is 9.46. The van der Waals surface area contributed by atoms with Crippen molar-refractivity contribution in [1.82, 2.24) is 5.32 Å². The van der Waals surface area contributed by atoms with E-state index in [1.54, 1.807) is 0 Å². The van der Waals surface area contributed by atoms with Crippen molar-refractivity contribution in [2.75, 3.05) is 13.2 Å². The second-order valence-electron chi connectivity index (χ2n) is 5.19. The van der Waals surface area contributed by atoms with Crippen LogP contribution in [-0.2, 0) is 4.74 Å². The van der Waals surface area contributed by atoms with Gasteiger partial charge in [-0.15, -0.1) is 0 Å². The van der Waals surface area contributed by atoms with E-state index in [-0.39, 0.29) is 0 Å². The predicted octanol–water partition coefficient (Wildman–Crippen LogP) is 2.19. The third kappa shape index (κ3) is 2.48. The molecular weight excluding hydrogens is 174 g/mol. The van der Waals surface area contributed by atoms with Gasteiger partial charge < -0.3 is 10.1 Å². The van der Waals surface area contributed by atoms with E-state index in [1.165, 1.54) is 25.7 Å². The van der Waals surface area contributed by atoms with E-state index in [4.69, 9.17) is 4.74 Å². The maximum Gasteiger partial charge on any atom is 0.0509 e. The van der Waals surface area contributed by atoms with Crippen LogP contribution in [-0.4, -0.2) is 25.3 Å². The second-order valence-corrected chi connectivity index (χ2v) is 5.19. The topological polar surface area (TPSA) is 21.3 Å². The van der Waals surface area contributed by atoms with Crippen molar-refractivity contribution in [1.29, 1.82) is 0 Å². The molecule has 14 heavy (non-hydrogen) atoms. The van der Waals surface area contributed by atoms with Gasteiger partial charge in [0.05, 0.1) is 6.61 Å². The summed E-state index contributed by atoms with van der Waals surface area (Å²) >= 11 is 0. The highest BCUT2D eigenvalue weighted by Gasteiger charge is 2.27. The van der Waals surface area contributed by atoms with Gasteiger partial charge in [0.15, 0.2) is 0 Å². The first-order chi connectivity index (χ1) is 6.75. The van der Waals surface area contributed by atoms with Gasteiger partial charge in [-0.3, -0.25) is 0 Å². The van der Waals surface area contributed by atoms with Crippen molar-refractivity contribution < 1.29 is 4.74 Å². The molecule has 0 bridgehead atoms. The molecule has 1 N–H and O–H groups in total. The van der Waals surface area contributed by atoms with Crippen LogP contribution in [0.2, 0.25) is 0 Å². The molecule has 1 aliphatic heterocycles. The Kier molecular flexibility index (Phi) is 3.45. The smallest absolute Gasteiger partial charge is 0.0509 e. The van der Waals surface area contributed by atoms with Crippen LogP contribution in [0.1, 0.15) is 39.5 Å². The van der Waals surface area contributed by atoms with Crippen molar-refractivity contribution in [2.24, 2.45) is 11.8 Å². The number of hydrogen-bond donors (Lipinski definition) is 1. The molecule has 4 atom stereocenters. The molecule has 0 spiro atoms. The van der Waals surface area contributed by atoms with Crippen LogP contribution in [0.25, 0.3) is 0 Å². The largest absolute Gasteiger partial charge is 0.381 e. The first-order valence-corrected chi connectivity index (χ1v) is 6.09. The number of ether oxygens (including phenoxy) is 1. The normalized spacial score (nSPS) is 40.3. The molecule has 1 heterocycles. The summed E-state index contributed by atoms with van der Waals surface area (Å²) in [4.78, 5) is 0. The van der Waals surface area contributed by atoms with Gasteiger partial charge in [-0.25, -0.2) is 0 Å². The fourth-order valence-electron chi connectivity index (χ4n) is 2.81. The molecule has 2 fully saturated rings. The van der Waals surface area contributed by atoms with Crippen molar-refractivity contribution >= 4 is 0 Å². The third-order valence-corrected chi connectivity index (χ3v) is 3.87. The molecule has 0 radical (unpaired) electrons. The van der Waals surface area contributed by atoms with Gasteiger partial charge in [0.25, 0.3) is 0 Å². The summed E-state index contributed by atoms with van der Waals surface area (Å²) in [6.07, 6.45) is 5.40. The Labute approximate surface area is 87.4 Å². The Balaban J connectivity index is 1.73. The highest BCUT2D eigenvalue weighted by molar-refractivity contribution is 4.84. The average molecular weight is 197 g/mol. The van der Waals surface area contributed by atoms with Gasteiger partial charge in [-0.2, -0.15) is 0 Å². The highest BCUT2D eigenvalue weighted by Crippen LogP contribution is 2.26. The molecule has 2 nitrogen and oxygen atoms in total. The van der Waals surface area contributed by atoms with Gasteiger partial charge in [0.1, 0.15) is 0 Å². The van der Waals surface area contributed by atoms with Crippen LogP contribution >= 0.6 is 0 Å². The fourth-order valence-corrected chi connectivity index (χ4v) is 2.81. The molecule has 2 rings (SSSR count). The van der Waals surface area contributed by atoms with E-state index in [2.05, 4.69) is 19.2 Å². The molecule has 2 heteroatoms. The van der Waals surface area contributed by atoms with E-state index < -0.39 is 0 Å². The minimum Gasteiger partial charge on any atom is -0.381 e. The van der Waals surface area contributed by atoms with Gasteiger partial charge in [0.2, 0.25) is 0 Å². The Hall–Kier alpha value is -0.0800. The van der Waals surface area contributed by atoms with Gasteiger partial charge >= 0.3 is 0 Å². The maximum absolute atomic E-state index is 5.42. The van der Waals surface area contributed by atoms with Crippen molar-refractivity contribution in [3.8, 4) is 0 Å². The van der Waals surface area contributed by atoms with Gasteiger partial charge in [-0.05, 0) is 44.4 Å². The molecule has 0 amide bonds. The lowest BCUT2D eigenvalue weighted by Gasteiger charge is -2.23. The third-order valence-electron chi connectivity index (χ3n) is 3.87. The van der Waals surface area contributed by atoms with Gasteiger partial charge in [-0.1, -0.05) is 6.92 Å². The van der Waals surface area contributed by atoms with E-state index in [0.717, 1.165) is 31.1 Å². The maximum atomic E-state index is 5.42. The minimum absolute atomic E-state index is 0.646. The first-order valence-electron chi connectivity index (χ1n) is 6.09. The Morgan fingerprint density at radius 2 is 2.14 bits per heavy atom. The average Bonchev–Trinajstić information content (AvgIpc) is 2.75. The Morgan fingerprint density at radius 3 is 2.71 bits per heavy atom. The van der Waals surface area contributed by atoms with E-state index in [1.807, 2.05) is 0 Å². The lowest BCUT2D eigenvalue weighted by Crippen LogP contribution is -2.40. The van der Waals surface area contributed by atoms with Crippen molar-refractivity contribution in [2.45, 2.75) is 51.6 Å². The zero-order valence-corrected chi connectivity index (χ0v) is 9.46. The lowest BCUT2D eigenvalue weighted by atomic mass is 9.99. The van der Waals surface area contributed by atoms with Crippen molar-refractivity contribution in [3.63, 3.8) is 0 Å². The van der Waals surface area contributed by atoms with E-state index in [9.17, 15) is 0 Å². The van der Waals surface area contributed by atoms with Crippen LogP contribution in [0.3, 0.4) is 0 Å². The second kappa shape index (κ2) is 4.63. The number of nitrogens with one attached hydrogen (secondary N) is 1. The van der Waals surface area contributed by atoms with E-state index in [0.29, 0.717) is 6.04 Å². The van der Waals surface area contributed by atoms with Crippen LogP contribution in [0.5, 0.6) is 0 Å². The first kappa shape index (κ1) is 10.4. The van der Waals surface area contributed by atoms with Crippen LogP contribution < -0.4 is 5.32 Å².